The zero-order valence-electron chi connectivity index (χ0n) is 12.8. The number of rotatable bonds is 2. The molecule has 2 aliphatic rings. The summed E-state index contributed by atoms with van der Waals surface area (Å²) in [7, 11) is 0. The normalized spacial score (nSPS) is 34.1. The summed E-state index contributed by atoms with van der Waals surface area (Å²) in [6.45, 7) is 8.97. The molecule has 3 heteroatoms. The first kappa shape index (κ1) is 15.6. The molecule has 1 aromatic carbocycles. The van der Waals surface area contributed by atoms with Crippen LogP contribution in [0.1, 0.15) is 55.5 Å². The van der Waals surface area contributed by atoms with Crippen LogP contribution in [0.4, 0.5) is 0 Å². The van der Waals surface area contributed by atoms with Crippen molar-refractivity contribution in [3.8, 4) is 0 Å². The number of fused-ring (bicyclic) bond motifs is 1. The van der Waals surface area contributed by atoms with Crippen LogP contribution < -0.4 is 0 Å². The van der Waals surface area contributed by atoms with E-state index < -0.39 is 19.8 Å². The number of benzene rings is 1. The van der Waals surface area contributed by atoms with Crippen molar-refractivity contribution in [1.29, 1.82) is 0 Å². The summed E-state index contributed by atoms with van der Waals surface area (Å²) in [5, 5.41) is 0. The summed E-state index contributed by atoms with van der Waals surface area (Å²) < 4.78 is 3.02. The van der Waals surface area contributed by atoms with Crippen LogP contribution in [0.5, 0.6) is 0 Å². The zero-order valence-corrected chi connectivity index (χ0v) is 16.0. The number of halogens is 1. The van der Waals surface area contributed by atoms with E-state index in [1.165, 1.54) is 29.3 Å². The molecule has 1 saturated carbocycles. The average Bonchev–Trinajstić information content (AvgIpc) is 2.69. The van der Waals surface area contributed by atoms with Crippen LogP contribution in [0, 0.1) is 5.41 Å². The molecule has 0 atom stereocenters. The Morgan fingerprint density at radius 1 is 1.14 bits per heavy atom. The van der Waals surface area contributed by atoms with Gasteiger partial charge >= 0.3 is 141 Å². The van der Waals surface area contributed by atoms with Crippen molar-refractivity contribution in [2.45, 2.75) is 44.3 Å². The van der Waals surface area contributed by atoms with E-state index in [2.05, 4.69) is 39.1 Å². The number of hydrogen-bond donors (Lipinski definition) is 0. The van der Waals surface area contributed by atoms with Crippen LogP contribution in [-0.4, -0.2) is 13.0 Å². The molecule has 21 heavy (non-hydrogen) atoms. The van der Waals surface area contributed by atoms with Gasteiger partial charge in [0.1, 0.15) is 0 Å². The van der Waals surface area contributed by atoms with Crippen LogP contribution in [0.15, 0.2) is 30.8 Å². The van der Waals surface area contributed by atoms with Gasteiger partial charge in [-0.2, -0.15) is 0 Å². The molecule has 114 valence electrons. The molecule has 0 spiro atoms. The van der Waals surface area contributed by atoms with Gasteiger partial charge in [0.25, 0.3) is 0 Å². The number of hydrogen-bond acceptors (Lipinski definition) is 1. The molecule has 1 heterocycles. The van der Waals surface area contributed by atoms with Crippen molar-refractivity contribution in [3.05, 3.63) is 42.0 Å². The third kappa shape index (κ3) is 2.96. The van der Waals surface area contributed by atoms with Crippen molar-refractivity contribution in [3.63, 3.8) is 0 Å². The molecule has 0 amide bonds. The summed E-state index contributed by atoms with van der Waals surface area (Å²) in [6, 6.07) is 8.06. The number of carbonyl (C=O) groups excluding carboxylic acids is 1. The van der Waals surface area contributed by atoms with Gasteiger partial charge < -0.3 is 0 Å². The molecule has 0 unspecified atom stereocenters. The molecule has 0 radical (unpaired) electrons. The maximum absolute atomic E-state index is 12.7. The third-order valence-corrected chi connectivity index (χ3v) is 12.0. The van der Waals surface area contributed by atoms with Gasteiger partial charge in [-0.15, -0.1) is 0 Å². The quantitative estimate of drug-likeness (QED) is 0.297. The van der Waals surface area contributed by atoms with Crippen molar-refractivity contribution >= 4 is 39.8 Å². The predicted octanol–water partition coefficient (Wildman–Crippen LogP) is 4.67. The summed E-state index contributed by atoms with van der Waals surface area (Å²) >= 11 is 2.09. The molecule has 1 aliphatic heterocycles. The van der Waals surface area contributed by atoms with Crippen LogP contribution in [0.2, 0.25) is 0 Å². The van der Waals surface area contributed by atoms with E-state index in [1.54, 1.807) is 0 Å². The van der Waals surface area contributed by atoms with E-state index in [0.29, 0.717) is 14.0 Å². The molecule has 1 nitrogen and oxygen atoms in total. The molecule has 0 N–H and O–H groups in total. The van der Waals surface area contributed by atoms with E-state index in [-0.39, 0.29) is 0 Å². The van der Waals surface area contributed by atoms with Gasteiger partial charge in [0.05, 0.1) is 0 Å². The minimum atomic E-state index is -1.79. The Labute approximate surface area is 140 Å². The molecule has 0 saturated heterocycles. The maximum atomic E-state index is 12.7. The Kier molecular flexibility index (Phi) is 4.02. The average molecular weight is 415 g/mol. The monoisotopic (exact) mass is 415 g/mol. The Morgan fingerprint density at radius 3 is 2.29 bits per heavy atom. The van der Waals surface area contributed by atoms with Crippen molar-refractivity contribution in [1.82, 2.24) is 0 Å². The summed E-state index contributed by atoms with van der Waals surface area (Å²) in [4.78, 5) is 12.7. The molecular weight excluding hydrogens is 391 g/mol. The van der Waals surface area contributed by atoms with Gasteiger partial charge in [-0.1, -0.05) is 0 Å². The van der Waals surface area contributed by atoms with E-state index in [1.807, 2.05) is 18.2 Å². The van der Waals surface area contributed by atoms with Crippen molar-refractivity contribution < 1.29 is 4.79 Å². The van der Waals surface area contributed by atoms with Gasteiger partial charge in [0.15, 0.2) is 0 Å². The second kappa shape index (κ2) is 5.41. The summed E-state index contributed by atoms with van der Waals surface area (Å²) in [6.07, 6.45) is 4.85. The van der Waals surface area contributed by atoms with Gasteiger partial charge in [-0.3, -0.25) is 0 Å². The van der Waals surface area contributed by atoms with Crippen molar-refractivity contribution in [2.24, 2.45) is 5.41 Å². The molecule has 0 bridgehead atoms. The van der Waals surface area contributed by atoms with Gasteiger partial charge in [0.2, 0.25) is 0 Å². The van der Waals surface area contributed by atoms with E-state index in [9.17, 15) is 4.79 Å². The van der Waals surface area contributed by atoms with Crippen LogP contribution in [0.25, 0.3) is 3.58 Å². The predicted molar refractivity (Wildman–Crippen MR) is 104 cm³/mol. The molecule has 3 rings (SSSR count). The first-order chi connectivity index (χ1) is 9.81. The van der Waals surface area contributed by atoms with Crippen LogP contribution >= 0.6 is 19.8 Å². The zero-order chi connectivity index (χ0) is 15.3. The Morgan fingerprint density at radius 2 is 1.71 bits per heavy atom. The number of alkyl halides is 1. The minimum absolute atomic E-state index is 0.294. The van der Waals surface area contributed by atoms with E-state index in [4.69, 9.17) is 0 Å². The first-order valence-corrected chi connectivity index (χ1v) is 11.7. The fraction of sp³-hybridized carbons (Fsp3) is 0.500. The standard InChI is InChI=1S/C18H23IOS/c1-13-14-6-4-5-7-15(14)16(20)19(13)12-17(2)8-10-18(3,21)11-9-17/h4-7,21H,1,8-12H2,2-3H3/p+1. The second-order valence-electron chi connectivity index (χ2n) is 7.09. The fourth-order valence-corrected chi connectivity index (χ4v) is 9.84. The second-order valence-corrected chi connectivity index (χ2v) is 13.4. The molecule has 1 aromatic rings. The van der Waals surface area contributed by atoms with Gasteiger partial charge in [-0.25, -0.2) is 0 Å². The Balaban J connectivity index is 1.78. The molecular formula is C18H24IOS+. The molecule has 1 aliphatic carbocycles. The number of carbonyl (C=O) groups is 1. The Bertz CT molecular complexity index is 560. The fourth-order valence-electron chi connectivity index (χ4n) is 3.24. The van der Waals surface area contributed by atoms with Crippen LogP contribution in [0.3, 0.4) is 0 Å². The summed E-state index contributed by atoms with van der Waals surface area (Å²) in [5.41, 5.74) is 2.41. The van der Waals surface area contributed by atoms with Crippen molar-refractivity contribution in [2.75, 3.05) is 4.43 Å². The van der Waals surface area contributed by atoms with E-state index in [0.717, 1.165) is 15.6 Å². The van der Waals surface area contributed by atoms with E-state index >= 15 is 0 Å². The Hall–Kier alpha value is -0.290. The van der Waals surface area contributed by atoms with Gasteiger partial charge in [-0.05, 0) is 0 Å². The first-order valence-electron chi connectivity index (χ1n) is 7.55. The SMILES string of the molecule is C=C1c2ccccc2C(=O)I1CC1(C)CCC(C)([SH2+])CC1. The topological polar surface area (TPSA) is 17.1 Å². The third-order valence-electron chi connectivity index (χ3n) is 4.93. The molecule has 0 aromatic heterocycles. The van der Waals surface area contributed by atoms with Gasteiger partial charge in [0, 0.05) is 0 Å². The molecule has 1 fully saturated rings. The summed E-state index contributed by atoms with van der Waals surface area (Å²) in [5.74, 6) is 0. The van der Waals surface area contributed by atoms with Crippen LogP contribution in [-0.2, 0) is 12.6 Å².